The molecular weight excluding hydrogens is 453 g/mol. The van der Waals surface area contributed by atoms with E-state index in [2.05, 4.69) is 31.5 Å². The number of nitrogens with zero attached hydrogens (tertiary/aromatic N) is 4. The van der Waals surface area contributed by atoms with Gasteiger partial charge in [-0.15, -0.1) is 22.0 Å². The summed E-state index contributed by atoms with van der Waals surface area (Å²) in [5.74, 6) is -0.333. The van der Waals surface area contributed by atoms with Gasteiger partial charge < -0.3 is 15.0 Å². The lowest BCUT2D eigenvalue weighted by atomic mass is 10.0. The minimum absolute atomic E-state index is 0.213. The van der Waals surface area contributed by atoms with E-state index >= 15 is 0 Å². The normalized spacial score (nSPS) is 14.2. The molecular formula is C25H28FN5O2S. The van der Waals surface area contributed by atoms with Crippen LogP contribution in [0.2, 0.25) is 0 Å². The fourth-order valence-electron chi connectivity index (χ4n) is 3.75. The van der Waals surface area contributed by atoms with Gasteiger partial charge >= 0.3 is 0 Å². The number of ether oxygens (including phenoxy) is 1. The Kier molecular flexibility index (Phi) is 7.13. The van der Waals surface area contributed by atoms with E-state index in [1.807, 2.05) is 31.4 Å². The number of nitrogens with one attached hydrogen (secondary N) is 1. The summed E-state index contributed by atoms with van der Waals surface area (Å²) < 4.78 is 19.8. The molecule has 0 saturated carbocycles. The molecule has 0 spiro atoms. The molecule has 178 valence electrons. The molecule has 1 saturated heterocycles. The summed E-state index contributed by atoms with van der Waals surface area (Å²) in [5.41, 5.74) is 3.21. The molecule has 1 N–H and O–H groups in total. The van der Waals surface area contributed by atoms with E-state index in [4.69, 9.17) is 4.74 Å². The van der Waals surface area contributed by atoms with E-state index in [9.17, 15) is 9.18 Å². The first-order valence-corrected chi connectivity index (χ1v) is 12.3. The smallest absolute Gasteiger partial charge is 0.255 e. The Morgan fingerprint density at radius 3 is 2.62 bits per heavy atom. The third-order valence-corrected chi connectivity index (χ3v) is 6.37. The van der Waals surface area contributed by atoms with Gasteiger partial charge in [0.15, 0.2) is 0 Å². The molecule has 0 radical (unpaired) electrons. The molecule has 4 rings (SSSR count). The van der Waals surface area contributed by atoms with Gasteiger partial charge in [-0.25, -0.2) is 4.39 Å². The second-order valence-electron chi connectivity index (χ2n) is 8.61. The number of aromatic nitrogens is 3. The first kappa shape index (κ1) is 24.1. The first-order valence-electron chi connectivity index (χ1n) is 11.1. The summed E-state index contributed by atoms with van der Waals surface area (Å²) in [7, 11) is 0. The van der Waals surface area contributed by atoms with E-state index in [-0.39, 0.29) is 11.6 Å². The molecule has 0 unspecified atom stereocenters. The number of morpholine rings is 1. The van der Waals surface area contributed by atoms with Crippen molar-refractivity contribution in [3.63, 3.8) is 0 Å². The number of thioether (sulfide) groups is 1. The lowest BCUT2D eigenvalue weighted by Crippen LogP contribution is -2.36. The highest BCUT2D eigenvalue weighted by Crippen LogP contribution is 2.33. The number of pyridine rings is 1. The lowest BCUT2D eigenvalue weighted by molar-refractivity contribution is 0.102. The molecule has 2 aromatic heterocycles. The van der Waals surface area contributed by atoms with Crippen molar-refractivity contribution in [1.29, 1.82) is 0 Å². The van der Waals surface area contributed by atoms with Crippen LogP contribution in [0.25, 0.3) is 11.3 Å². The number of alkyl halides is 1. The number of halogens is 1. The Bertz CT molecular complexity index is 1190. The number of carbonyl (C=O) groups excluding carboxylic acids is 1. The predicted octanol–water partition coefficient (Wildman–Crippen LogP) is 4.86. The van der Waals surface area contributed by atoms with Gasteiger partial charge in [0.2, 0.25) is 0 Å². The lowest BCUT2D eigenvalue weighted by Gasteiger charge is -2.29. The maximum atomic E-state index is 14.3. The number of anilines is 2. The van der Waals surface area contributed by atoms with Gasteiger partial charge in [0, 0.05) is 36.1 Å². The quantitative estimate of drug-likeness (QED) is 0.504. The standard InChI is InChI=1S/C25H28FN5O2S/c1-16-5-6-18(28-23(32)17-7-8-27-22(13-17)25(2,3)26)14-19(16)20-15-21(24(34-4)30-29-20)31-9-11-33-12-10-31/h5-8,13-15H,9-12H2,1-4H3,(H,28,32). The van der Waals surface area contributed by atoms with E-state index in [0.29, 0.717) is 24.5 Å². The topological polar surface area (TPSA) is 80.2 Å². The fourth-order valence-corrected chi connectivity index (χ4v) is 4.27. The van der Waals surface area contributed by atoms with Gasteiger partial charge in [0.05, 0.1) is 30.3 Å². The minimum Gasteiger partial charge on any atom is -0.378 e. The van der Waals surface area contributed by atoms with Crippen LogP contribution in [0, 0.1) is 6.92 Å². The molecule has 9 heteroatoms. The van der Waals surface area contributed by atoms with Crippen molar-refractivity contribution in [3.8, 4) is 11.3 Å². The Morgan fingerprint density at radius 2 is 1.91 bits per heavy atom. The van der Waals surface area contributed by atoms with Crippen LogP contribution in [-0.4, -0.2) is 53.6 Å². The van der Waals surface area contributed by atoms with E-state index < -0.39 is 5.67 Å². The van der Waals surface area contributed by atoms with Gasteiger partial charge in [-0.2, -0.15) is 0 Å². The number of hydrogen-bond donors (Lipinski definition) is 1. The van der Waals surface area contributed by atoms with Crippen LogP contribution < -0.4 is 10.2 Å². The monoisotopic (exact) mass is 481 g/mol. The summed E-state index contributed by atoms with van der Waals surface area (Å²) in [5, 5.41) is 12.7. The third-order valence-electron chi connectivity index (χ3n) is 5.69. The zero-order chi connectivity index (χ0) is 24.3. The van der Waals surface area contributed by atoms with Gasteiger partial charge in [0.1, 0.15) is 10.7 Å². The van der Waals surface area contributed by atoms with Crippen molar-refractivity contribution in [2.75, 3.05) is 42.8 Å². The molecule has 0 bridgehead atoms. The molecule has 1 aliphatic rings. The molecule has 7 nitrogen and oxygen atoms in total. The number of hydrogen-bond acceptors (Lipinski definition) is 7. The maximum Gasteiger partial charge on any atom is 0.255 e. The average molecular weight is 482 g/mol. The third kappa shape index (κ3) is 5.37. The SMILES string of the molecule is CSc1nnc(-c2cc(NC(=O)c3ccnc(C(C)(C)F)c3)ccc2C)cc1N1CCOCC1. The summed E-state index contributed by atoms with van der Waals surface area (Å²) in [4.78, 5) is 19.2. The van der Waals surface area contributed by atoms with Gasteiger partial charge in [-0.3, -0.25) is 9.78 Å². The summed E-state index contributed by atoms with van der Waals surface area (Å²) in [6, 6.07) is 10.8. The second-order valence-corrected chi connectivity index (χ2v) is 9.40. The number of benzene rings is 1. The Hall–Kier alpha value is -3.04. The van der Waals surface area contributed by atoms with E-state index in [0.717, 1.165) is 40.6 Å². The summed E-state index contributed by atoms with van der Waals surface area (Å²) >= 11 is 1.56. The fraction of sp³-hybridized carbons (Fsp3) is 0.360. The summed E-state index contributed by atoms with van der Waals surface area (Å²) in [6.07, 6.45) is 3.44. The molecule has 0 atom stereocenters. The molecule has 1 fully saturated rings. The van der Waals surface area contributed by atoms with E-state index in [1.54, 1.807) is 17.8 Å². The van der Waals surface area contributed by atoms with Gasteiger partial charge in [-0.1, -0.05) is 6.07 Å². The predicted molar refractivity (Wildman–Crippen MR) is 133 cm³/mol. The largest absolute Gasteiger partial charge is 0.378 e. The zero-order valence-corrected chi connectivity index (χ0v) is 20.6. The molecule has 0 aliphatic carbocycles. The van der Waals surface area contributed by atoms with Crippen LogP contribution in [0.1, 0.15) is 35.5 Å². The Labute approximate surface area is 203 Å². The van der Waals surface area contributed by atoms with Crippen molar-refractivity contribution in [2.24, 2.45) is 0 Å². The zero-order valence-electron chi connectivity index (χ0n) is 19.8. The average Bonchev–Trinajstić information content (AvgIpc) is 2.85. The van der Waals surface area contributed by atoms with Crippen LogP contribution in [0.15, 0.2) is 47.6 Å². The molecule has 34 heavy (non-hydrogen) atoms. The molecule has 1 aliphatic heterocycles. The minimum atomic E-state index is -1.63. The molecule has 1 aromatic carbocycles. The van der Waals surface area contributed by atoms with Crippen LogP contribution in [-0.2, 0) is 10.4 Å². The van der Waals surface area contributed by atoms with Crippen LogP contribution in [0.3, 0.4) is 0 Å². The highest BCUT2D eigenvalue weighted by atomic mass is 32.2. The van der Waals surface area contributed by atoms with Crippen molar-refractivity contribution < 1.29 is 13.9 Å². The van der Waals surface area contributed by atoms with Crippen molar-refractivity contribution in [2.45, 2.75) is 31.5 Å². The van der Waals surface area contributed by atoms with Crippen molar-refractivity contribution in [3.05, 3.63) is 59.4 Å². The van der Waals surface area contributed by atoms with Gasteiger partial charge in [0.25, 0.3) is 5.91 Å². The molecule has 1 amide bonds. The number of carbonyl (C=O) groups is 1. The van der Waals surface area contributed by atoms with Crippen molar-refractivity contribution >= 4 is 29.0 Å². The van der Waals surface area contributed by atoms with E-state index in [1.165, 1.54) is 26.1 Å². The van der Waals surface area contributed by atoms with Crippen molar-refractivity contribution in [1.82, 2.24) is 15.2 Å². The first-order chi connectivity index (χ1) is 16.3. The van der Waals surface area contributed by atoms with Crippen LogP contribution >= 0.6 is 11.8 Å². The van der Waals surface area contributed by atoms with Gasteiger partial charge in [-0.05, 0) is 62.9 Å². The highest BCUT2D eigenvalue weighted by molar-refractivity contribution is 7.98. The Balaban J connectivity index is 1.62. The van der Waals surface area contributed by atoms with Crippen LogP contribution in [0.4, 0.5) is 15.8 Å². The number of aryl methyl sites for hydroxylation is 1. The Morgan fingerprint density at radius 1 is 1.15 bits per heavy atom. The summed E-state index contributed by atoms with van der Waals surface area (Å²) in [6.45, 7) is 7.80. The van der Waals surface area contributed by atoms with Crippen LogP contribution in [0.5, 0.6) is 0 Å². The molecule has 3 aromatic rings. The molecule has 3 heterocycles. The number of rotatable bonds is 6. The number of amides is 1. The highest BCUT2D eigenvalue weighted by Gasteiger charge is 2.22. The maximum absolute atomic E-state index is 14.3. The second kappa shape index (κ2) is 10.1.